The Morgan fingerprint density at radius 1 is 1.32 bits per heavy atom. The summed E-state index contributed by atoms with van der Waals surface area (Å²) < 4.78 is 5.83. The van der Waals surface area contributed by atoms with Crippen LogP contribution in [0.25, 0.3) is 0 Å². The van der Waals surface area contributed by atoms with E-state index < -0.39 is 0 Å². The fourth-order valence-corrected chi connectivity index (χ4v) is 3.25. The van der Waals surface area contributed by atoms with Gasteiger partial charge in [-0.05, 0) is 42.1 Å². The summed E-state index contributed by atoms with van der Waals surface area (Å²) in [4.78, 5) is 0. The van der Waals surface area contributed by atoms with Gasteiger partial charge < -0.3 is 4.74 Å². The summed E-state index contributed by atoms with van der Waals surface area (Å²) in [6, 6.07) is 10.4. The van der Waals surface area contributed by atoms with E-state index in [1.165, 1.54) is 24.8 Å². The average Bonchev–Trinajstić information content (AvgIpc) is 3.24. The van der Waals surface area contributed by atoms with Crippen LogP contribution in [0.5, 0.6) is 0 Å². The van der Waals surface area contributed by atoms with Gasteiger partial charge in [0.05, 0.1) is 6.61 Å². The highest BCUT2D eigenvalue weighted by Crippen LogP contribution is 2.49. The first-order chi connectivity index (χ1) is 9.14. The van der Waals surface area contributed by atoms with E-state index in [-0.39, 0.29) is 0 Å². The predicted molar refractivity (Wildman–Crippen MR) is 81.4 cm³/mol. The molecule has 2 unspecified atom stereocenters. The highest BCUT2D eigenvalue weighted by Gasteiger charge is 2.41. The van der Waals surface area contributed by atoms with Crippen LogP contribution in [0.4, 0.5) is 0 Å². The zero-order valence-electron chi connectivity index (χ0n) is 12.1. The van der Waals surface area contributed by atoms with Crippen molar-refractivity contribution in [3.8, 4) is 0 Å². The summed E-state index contributed by atoms with van der Waals surface area (Å²) in [7, 11) is 0. The smallest absolute Gasteiger partial charge is 0.0717 e. The topological polar surface area (TPSA) is 9.23 Å². The molecule has 1 aromatic rings. The molecule has 1 fully saturated rings. The number of hydrogen-bond acceptors (Lipinski definition) is 1. The molecular formula is C17H25ClO. The van der Waals surface area contributed by atoms with Crippen molar-refractivity contribution in [1.29, 1.82) is 0 Å². The molecule has 0 aliphatic heterocycles. The standard InChI is InChI=1S/C17H25ClO/c1-14(10-17(2,13-18)16-8-9-16)11-19-12-15-6-4-3-5-7-15/h3-7,14,16H,8-13H2,1-2H3. The van der Waals surface area contributed by atoms with Crippen molar-refractivity contribution in [2.75, 3.05) is 12.5 Å². The molecule has 1 aromatic carbocycles. The third kappa shape index (κ3) is 4.50. The van der Waals surface area contributed by atoms with Crippen LogP contribution in [0, 0.1) is 17.3 Å². The molecule has 0 aromatic heterocycles. The van der Waals surface area contributed by atoms with Gasteiger partial charge >= 0.3 is 0 Å². The van der Waals surface area contributed by atoms with Gasteiger partial charge in [-0.3, -0.25) is 0 Å². The molecule has 1 aliphatic carbocycles. The Morgan fingerprint density at radius 2 is 2.00 bits per heavy atom. The van der Waals surface area contributed by atoms with Crippen molar-refractivity contribution in [3.63, 3.8) is 0 Å². The van der Waals surface area contributed by atoms with Gasteiger partial charge in [0.25, 0.3) is 0 Å². The highest BCUT2D eigenvalue weighted by atomic mass is 35.5. The number of halogens is 1. The molecule has 19 heavy (non-hydrogen) atoms. The number of rotatable bonds is 8. The molecule has 0 saturated heterocycles. The van der Waals surface area contributed by atoms with Crippen LogP contribution in [-0.2, 0) is 11.3 Å². The number of benzene rings is 1. The second kappa shape index (κ2) is 6.76. The molecule has 0 amide bonds. The van der Waals surface area contributed by atoms with Crippen molar-refractivity contribution in [2.24, 2.45) is 17.3 Å². The Balaban J connectivity index is 1.71. The number of ether oxygens (including phenoxy) is 1. The third-order valence-corrected chi connectivity index (χ3v) is 4.81. The normalized spacial score (nSPS) is 19.9. The zero-order chi connectivity index (χ0) is 13.7. The van der Waals surface area contributed by atoms with Gasteiger partial charge in [0, 0.05) is 12.5 Å². The van der Waals surface area contributed by atoms with Crippen molar-refractivity contribution in [3.05, 3.63) is 35.9 Å². The largest absolute Gasteiger partial charge is 0.376 e. The minimum absolute atomic E-state index is 0.317. The van der Waals surface area contributed by atoms with Crippen LogP contribution in [0.15, 0.2) is 30.3 Å². The van der Waals surface area contributed by atoms with Crippen molar-refractivity contribution in [1.82, 2.24) is 0 Å². The summed E-state index contributed by atoms with van der Waals surface area (Å²) in [5.74, 6) is 2.20. The maximum atomic E-state index is 6.18. The van der Waals surface area contributed by atoms with E-state index in [1.807, 2.05) is 6.07 Å². The molecule has 0 heterocycles. The van der Waals surface area contributed by atoms with E-state index in [0.717, 1.165) is 18.4 Å². The molecule has 2 heteroatoms. The maximum absolute atomic E-state index is 6.18. The first kappa shape index (κ1) is 14.9. The fraction of sp³-hybridized carbons (Fsp3) is 0.647. The number of alkyl halides is 1. The molecule has 1 aliphatic rings. The minimum atomic E-state index is 0.317. The van der Waals surface area contributed by atoms with E-state index in [2.05, 4.69) is 38.1 Å². The minimum Gasteiger partial charge on any atom is -0.376 e. The Labute approximate surface area is 122 Å². The van der Waals surface area contributed by atoms with Gasteiger partial charge in [-0.1, -0.05) is 44.2 Å². The van der Waals surface area contributed by atoms with Crippen LogP contribution in [0.3, 0.4) is 0 Å². The predicted octanol–water partition coefficient (Wildman–Crippen LogP) is 4.88. The lowest BCUT2D eigenvalue weighted by molar-refractivity contribution is 0.0729. The molecule has 106 valence electrons. The van der Waals surface area contributed by atoms with Crippen molar-refractivity contribution >= 4 is 11.6 Å². The molecule has 1 saturated carbocycles. The van der Waals surface area contributed by atoms with Gasteiger partial charge in [-0.25, -0.2) is 0 Å². The summed E-state index contributed by atoms with van der Waals surface area (Å²) in [5.41, 5.74) is 1.56. The van der Waals surface area contributed by atoms with Gasteiger partial charge in [0.1, 0.15) is 0 Å². The van der Waals surface area contributed by atoms with Crippen LogP contribution in [0.2, 0.25) is 0 Å². The van der Waals surface area contributed by atoms with E-state index in [9.17, 15) is 0 Å². The number of hydrogen-bond donors (Lipinski definition) is 0. The quantitative estimate of drug-likeness (QED) is 0.617. The molecule has 0 spiro atoms. The Kier molecular flexibility index (Phi) is 5.29. The van der Waals surface area contributed by atoms with Crippen LogP contribution < -0.4 is 0 Å². The summed E-state index contributed by atoms with van der Waals surface area (Å²) in [6.07, 6.45) is 3.90. The molecule has 2 rings (SSSR count). The first-order valence-corrected chi connectivity index (χ1v) is 7.85. The summed E-state index contributed by atoms with van der Waals surface area (Å²) in [5, 5.41) is 0. The van der Waals surface area contributed by atoms with Crippen LogP contribution in [-0.4, -0.2) is 12.5 Å². The first-order valence-electron chi connectivity index (χ1n) is 7.31. The molecule has 1 nitrogen and oxygen atoms in total. The van der Waals surface area contributed by atoms with Gasteiger partial charge in [0.15, 0.2) is 0 Å². The Hall–Kier alpha value is -0.530. The maximum Gasteiger partial charge on any atom is 0.0717 e. The lowest BCUT2D eigenvalue weighted by Crippen LogP contribution is -2.26. The van der Waals surface area contributed by atoms with Gasteiger partial charge in [0.2, 0.25) is 0 Å². The van der Waals surface area contributed by atoms with E-state index in [1.54, 1.807) is 0 Å². The lowest BCUT2D eigenvalue weighted by Gasteiger charge is -2.30. The third-order valence-electron chi connectivity index (χ3n) is 4.20. The van der Waals surface area contributed by atoms with Crippen molar-refractivity contribution in [2.45, 2.75) is 39.7 Å². The van der Waals surface area contributed by atoms with E-state index in [0.29, 0.717) is 17.9 Å². The SMILES string of the molecule is CC(COCc1ccccc1)CC(C)(CCl)C1CC1. The van der Waals surface area contributed by atoms with E-state index >= 15 is 0 Å². The van der Waals surface area contributed by atoms with Crippen LogP contribution in [0.1, 0.15) is 38.7 Å². The molecule has 0 N–H and O–H groups in total. The molecule has 2 atom stereocenters. The molecule has 0 bridgehead atoms. The second-order valence-corrected chi connectivity index (χ2v) is 6.64. The summed E-state index contributed by atoms with van der Waals surface area (Å²) >= 11 is 6.18. The Morgan fingerprint density at radius 3 is 2.58 bits per heavy atom. The van der Waals surface area contributed by atoms with Crippen LogP contribution >= 0.6 is 11.6 Å². The zero-order valence-corrected chi connectivity index (χ0v) is 12.8. The average molecular weight is 281 g/mol. The molecule has 0 radical (unpaired) electrons. The Bertz CT molecular complexity index is 374. The van der Waals surface area contributed by atoms with Crippen molar-refractivity contribution < 1.29 is 4.74 Å². The van der Waals surface area contributed by atoms with E-state index in [4.69, 9.17) is 16.3 Å². The summed E-state index contributed by atoms with van der Waals surface area (Å²) in [6.45, 7) is 6.16. The van der Waals surface area contributed by atoms with Gasteiger partial charge in [-0.15, -0.1) is 11.6 Å². The second-order valence-electron chi connectivity index (χ2n) is 6.37. The highest BCUT2D eigenvalue weighted by molar-refractivity contribution is 6.18. The monoisotopic (exact) mass is 280 g/mol. The lowest BCUT2D eigenvalue weighted by atomic mass is 9.79. The van der Waals surface area contributed by atoms with Gasteiger partial charge in [-0.2, -0.15) is 0 Å². The fourth-order valence-electron chi connectivity index (χ4n) is 2.92. The molecular weight excluding hydrogens is 256 g/mol.